The summed E-state index contributed by atoms with van der Waals surface area (Å²) < 4.78 is 21.3. The van der Waals surface area contributed by atoms with E-state index in [-0.39, 0.29) is 12.4 Å². The van der Waals surface area contributed by atoms with Crippen molar-refractivity contribution in [1.82, 2.24) is 9.78 Å². The van der Waals surface area contributed by atoms with E-state index in [4.69, 9.17) is 4.74 Å². The third kappa shape index (κ3) is 4.24. The Bertz CT molecular complexity index is 911. The van der Waals surface area contributed by atoms with Crippen molar-refractivity contribution in [1.29, 1.82) is 0 Å². The first-order chi connectivity index (χ1) is 12.0. The summed E-state index contributed by atoms with van der Waals surface area (Å²) in [5, 5.41) is 7.13. The molecule has 25 heavy (non-hydrogen) atoms. The number of benzene rings is 2. The molecule has 5 nitrogen and oxygen atoms in total. The molecule has 1 amide bonds. The lowest BCUT2D eigenvalue weighted by Gasteiger charge is -2.10. The topological polar surface area (TPSA) is 56.1 Å². The van der Waals surface area contributed by atoms with Crippen LogP contribution >= 0.6 is 15.9 Å². The fourth-order valence-electron chi connectivity index (χ4n) is 2.28. The number of hydrogen-bond donors (Lipinski definition) is 1. The van der Waals surface area contributed by atoms with Crippen LogP contribution in [0.4, 0.5) is 10.2 Å². The maximum atomic E-state index is 13.5. The predicted molar refractivity (Wildman–Crippen MR) is 96.5 cm³/mol. The van der Waals surface area contributed by atoms with Crippen molar-refractivity contribution in [2.75, 3.05) is 11.9 Å². The molecule has 2 aromatic carbocycles. The zero-order chi connectivity index (χ0) is 17.8. The number of rotatable bonds is 5. The smallest absolute Gasteiger partial charge is 0.263 e. The quantitative estimate of drug-likeness (QED) is 0.697. The van der Waals surface area contributed by atoms with Gasteiger partial charge in [-0.3, -0.25) is 4.79 Å². The lowest BCUT2D eigenvalue weighted by Crippen LogP contribution is -2.22. The molecular weight excluding hydrogens is 389 g/mol. The minimum Gasteiger partial charge on any atom is -0.481 e. The molecule has 0 saturated heterocycles. The number of para-hydroxylation sites is 1. The number of aromatic nitrogens is 2. The van der Waals surface area contributed by atoms with Crippen LogP contribution in [0.5, 0.6) is 5.75 Å². The van der Waals surface area contributed by atoms with Crippen molar-refractivity contribution < 1.29 is 13.9 Å². The van der Waals surface area contributed by atoms with Gasteiger partial charge in [0.1, 0.15) is 5.82 Å². The number of amides is 1. The highest BCUT2D eigenvalue weighted by Crippen LogP contribution is 2.21. The van der Waals surface area contributed by atoms with Crippen LogP contribution in [-0.2, 0) is 4.79 Å². The number of halogens is 2. The number of nitrogens with zero attached hydrogens (tertiary/aromatic N) is 2. The Hall–Kier alpha value is -2.67. The van der Waals surface area contributed by atoms with Crippen LogP contribution in [0.1, 0.15) is 5.69 Å². The predicted octanol–water partition coefficient (Wildman–Crippen LogP) is 4.10. The average Bonchev–Trinajstić information content (AvgIpc) is 2.94. The molecule has 0 aliphatic rings. The molecule has 0 aliphatic carbocycles. The van der Waals surface area contributed by atoms with Crippen LogP contribution < -0.4 is 10.1 Å². The van der Waals surface area contributed by atoms with Gasteiger partial charge in [-0.1, -0.05) is 34.1 Å². The first kappa shape index (κ1) is 17.2. The van der Waals surface area contributed by atoms with E-state index in [1.807, 2.05) is 31.2 Å². The van der Waals surface area contributed by atoms with Crippen molar-refractivity contribution in [3.8, 4) is 11.4 Å². The molecule has 3 aromatic rings. The number of ether oxygens (including phenoxy) is 1. The van der Waals surface area contributed by atoms with Crippen LogP contribution in [-0.4, -0.2) is 22.3 Å². The average molecular weight is 404 g/mol. The second kappa shape index (κ2) is 7.48. The molecule has 0 fully saturated rings. The Morgan fingerprint density at radius 2 is 2.04 bits per heavy atom. The molecule has 128 valence electrons. The second-order valence-corrected chi connectivity index (χ2v) is 6.25. The summed E-state index contributed by atoms with van der Waals surface area (Å²) in [6, 6.07) is 15.2. The first-order valence-corrected chi connectivity index (χ1v) is 8.32. The zero-order valence-corrected chi connectivity index (χ0v) is 15.0. The number of aryl methyl sites for hydroxylation is 1. The van der Waals surface area contributed by atoms with Crippen molar-refractivity contribution in [3.05, 3.63) is 70.6 Å². The molecular formula is C18H15BrFN3O2. The minimum atomic E-state index is -0.509. The monoisotopic (exact) mass is 403 g/mol. The van der Waals surface area contributed by atoms with Gasteiger partial charge in [0.05, 0.1) is 11.4 Å². The highest BCUT2D eigenvalue weighted by Gasteiger charge is 2.12. The summed E-state index contributed by atoms with van der Waals surface area (Å²) in [4.78, 5) is 12.1. The normalized spacial score (nSPS) is 10.5. The fourth-order valence-corrected chi connectivity index (χ4v) is 2.66. The molecule has 0 aliphatic heterocycles. The summed E-state index contributed by atoms with van der Waals surface area (Å²) in [6.45, 7) is 1.53. The highest BCUT2D eigenvalue weighted by molar-refractivity contribution is 9.10. The molecule has 0 atom stereocenters. The van der Waals surface area contributed by atoms with E-state index in [9.17, 15) is 9.18 Å². The molecule has 0 unspecified atom stereocenters. The Balaban J connectivity index is 1.73. The van der Waals surface area contributed by atoms with Crippen LogP contribution in [0, 0.1) is 12.7 Å². The van der Waals surface area contributed by atoms with E-state index in [2.05, 4.69) is 26.3 Å². The van der Waals surface area contributed by atoms with Gasteiger partial charge < -0.3 is 10.1 Å². The molecule has 3 rings (SSSR count). The van der Waals surface area contributed by atoms with Crippen molar-refractivity contribution >= 4 is 27.7 Å². The van der Waals surface area contributed by atoms with E-state index < -0.39 is 11.7 Å². The number of carbonyl (C=O) groups is 1. The molecule has 0 saturated carbocycles. The van der Waals surface area contributed by atoms with E-state index >= 15 is 0 Å². The second-order valence-electron chi connectivity index (χ2n) is 5.33. The number of carbonyl (C=O) groups excluding carboxylic acids is 1. The van der Waals surface area contributed by atoms with Gasteiger partial charge in [0.2, 0.25) is 0 Å². The summed E-state index contributed by atoms with van der Waals surface area (Å²) in [6.07, 6.45) is 0. The third-order valence-electron chi connectivity index (χ3n) is 3.35. The summed E-state index contributed by atoms with van der Waals surface area (Å²) in [5.74, 6) is -0.364. The van der Waals surface area contributed by atoms with Crippen LogP contribution in [0.25, 0.3) is 5.69 Å². The maximum absolute atomic E-state index is 13.5. The fraction of sp³-hybridized carbons (Fsp3) is 0.111. The van der Waals surface area contributed by atoms with Gasteiger partial charge in [-0.2, -0.15) is 5.10 Å². The zero-order valence-electron chi connectivity index (χ0n) is 13.4. The van der Waals surface area contributed by atoms with E-state index in [1.165, 1.54) is 12.1 Å². The number of anilines is 1. The molecule has 0 bridgehead atoms. The summed E-state index contributed by atoms with van der Waals surface area (Å²) >= 11 is 3.42. The van der Waals surface area contributed by atoms with Gasteiger partial charge >= 0.3 is 0 Å². The Morgan fingerprint density at radius 1 is 1.24 bits per heavy atom. The molecule has 0 radical (unpaired) electrons. The first-order valence-electron chi connectivity index (χ1n) is 7.53. The van der Waals surface area contributed by atoms with Crippen LogP contribution in [0.3, 0.4) is 0 Å². The van der Waals surface area contributed by atoms with Crippen molar-refractivity contribution in [2.45, 2.75) is 6.92 Å². The van der Waals surface area contributed by atoms with Gasteiger partial charge in [0.15, 0.2) is 18.2 Å². The minimum absolute atomic E-state index is 0.0364. The standard InChI is InChI=1S/C18H15BrFN3O2/c1-12-9-17(23(22-12)14-6-4-5-13(19)10-14)21-18(24)11-25-16-8-3-2-7-15(16)20/h2-10H,11H2,1H3,(H,21,24). The van der Waals surface area contributed by atoms with Gasteiger partial charge in [-0.15, -0.1) is 0 Å². The van der Waals surface area contributed by atoms with Crippen LogP contribution in [0.2, 0.25) is 0 Å². The molecule has 1 aromatic heterocycles. The molecule has 1 N–H and O–H groups in total. The molecule has 0 spiro atoms. The molecule has 1 heterocycles. The summed E-state index contributed by atoms with van der Waals surface area (Å²) in [5.41, 5.74) is 1.55. The lowest BCUT2D eigenvalue weighted by molar-refractivity contribution is -0.118. The number of hydrogen-bond acceptors (Lipinski definition) is 3. The highest BCUT2D eigenvalue weighted by atomic mass is 79.9. The maximum Gasteiger partial charge on any atom is 0.263 e. The largest absolute Gasteiger partial charge is 0.481 e. The van der Waals surface area contributed by atoms with Crippen molar-refractivity contribution in [3.63, 3.8) is 0 Å². The van der Waals surface area contributed by atoms with E-state index in [0.29, 0.717) is 5.82 Å². The Labute approximate surface area is 152 Å². The Kier molecular flexibility index (Phi) is 5.14. The number of nitrogens with one attached hydrogen (secondary N) is 1. The third-order valence-corrected chi connectivity index (χ3v) is 3.84. The van der Waals surface area contributed by atoms with Gasteiger partial charge in [-0.25, -0.2) is 9.07 Å². The van der Waals surface area contributed by atoms with E-state index in [0.717, 1.165) is 15.9 Å². The lowest BCUT2D eigenvalue weighted by atomic mass is 10.3. The van der Waals surface area contributed by atoms with Gasteiger partial charge in [-0.05, 0) is 37.3 Å². The van der Waals surface area contributed by atoms with Gasteiger partial charge in [0, 0.05) is 10.5 Å². The van der Waals surface area contributed by atoms with Crippen molar-refractivity contribution in [2.24, 2.45) is 0 Å². The van der Waals surface area contributed by atoms with Crippen LogP contribution in [0.15, 0.2) is 59.1 Å². The summed E-state index contributed by atoms with van der Waals surface area (Å²) in [7, 11) is 0. The van der Waals surface area contributed by atoms with E-state index in [1.54, 1.807) is 22.9 Å². The Morgan fingerprint density at radius 3 is 2.80 bits per heavy atom. The molecule has 7 heteroatoms. The SMILES string of the molecule is Cc1cc(NC(=O)COc2ccccc2F)n(-c2cccc(Br)c2)n1. The van der Waals surface area contributed by atoms with Gasteiger partial charge in [0.25, 0.3) is 5.91 Å².